The van der Waals surface area contributed by atoms with Crippen LogP contribution in [0.5, 0.6) is 0 Å². The lowest BCUT2D eigenvalue weighted by Gasteiger charge is -2.61. The maximum Gasteiger partial charge on any atom is 0.333 e. The number of Topliss-reactive ketones (excluding diaryl/α,β-unsaturated/α-hetero) is 1. The van der Waals surface area contributed by atoms with Crippen molar-refractivity contribution in [1.29, 1.82) is 0 Å². The van der Waals surface area contributed by atoms with Gasteiger partial charge >= 0.3 is 23.9 Å². The summed E-state index contributed by atoms with van der Waals surface area (Å²) in [6.07, 6.45) is -1.61. The standard InChI is InChI=1S/C23H28O10/c1-10(24)31-14-8-13(20(28)30-4)22(2)6-5-12-21(29)32-15(11-7-16(25)33-19(11)27)9-23(12,3)18(22)17(14)26/h7,12-15,18-19,27H,5-6,8-9H2,1-4H3/t12-,13-,14-,15-,18-,19-,22-,23-/m0/s1. The molecule has 3 fully saturated rings. The first kappa shape index (κ1) is 23.4. The van der Waals surface area contributed by atoms with Crippen molar-refractivity contribution in [2.45, 2.75) is 65.0 Å². The molecule has 8 atom stereocenters. The molecule has 33 heavy (non-hydrogen) atoms. The van der Waals surface area contributed by atoms with Gasteiger partial charge in [0.1, 0.15) is 6.10 Å². The van der Waals surface area contributed by atoms with E-state index < -0.39 is 71.0 Å². The van der Waals surface area contributed by atoms with E-state index in [1.165, 1.54) is 14.0 Å². The van der Waals surface area contributed by atoms with Gasteiger partial charge in [-0.3, -0.25) is 19.2 Å². The Hall–Kier alpha value is -2.75. The van der Waals surface area contributed by atoms with Crippen molar-refractivity contribution in [3.05, 3.63) is 11.6 Å². The molecule has 0 spiro atoms. The van der Waals surface area contributed by atoms with Crippen LogP contribution in [0.2, 0.25) is 0 Å². The average molecular weight is 464 g/mol. The second-order valence-corrected chi connectivity index (χ2v) is 9.91. The molecule has 4 rings (SSSR count). The number of hydrogen-bond donors (Lipinski definition) is 1. The highest BCUT2D eigenvalue weighted by atomic mass is 16.6. The van der Waals surface area contributed by atoms with Crippen LogP contribution in [0, 0.1) is 28.6 Å². The van der Waals surface area contributed by atoms with Crippen LogP contribution in [-0.4, -0.2) is 60.4 Å². The molecule has 0 aromatic heterocycles. The summed E-state index contributed by atoms with van der Waals surface area (Å²) in [5.74, 6) is -4.96. The molecule has 2 aliphatic carbocycles. The lowest BCUT2D eigenvalue weighted by molar-refractivity contribution is -0.208. The Labute approximate surface area is 190 Å². The summed E-state index contributed by atoms with van der Waals surface area (Å²) < 4.78 is 20.7. The number of carbonyl (C=O) groups is 5. The molecule has 1 N–H and O–H groups in total. The van der Waals surface area contributed by atoms with Crippen LogP contribution in [0.15, 0.2) is 11.6 Å². The van der Waals surface area contributed by atoms with Crippen LogP contribution in [0.1, 0.15) is 46.5 Å². The Morgan fingerprint density at radius 1 is 1.15 bits per heavy atom. The minimum Gasteiger partial charge on any atom is -0.469 e. The van der Waals surface area contributed by atoms with E-state index in [9.17, 15) is 29.1 Å². The first-order valence-electron chi connectivity index (χ1n) is 11.0. The van der Waals surface area contributed by atoms with Crippen LogP contribution in [0.3, 0.4) is 0 Å². The first-order valence-corrected chi connectivity index (χ1v) is 11.0. The summed E-state index contributed by atoms with van der Waals surface area (Å²) >= 11 is 0. The van der Waals surface area contributed by atoms with Gasteiger partial charge in [-0.1, -0.05) is 13.8 Å². The molecule has 180 valence electrons. The van der Waals surface area contributed by atoms with E-state index in [1.807, 2.05) is 6.92 Å². The maximum absolute atomic E-state index is 13.7. The Morgan fingerprint density at radius 2 is 1.85 bits per heavy atom. The van der Waals surface area contributed by atoms with Gasteiger partial charge in [0, 0.05) is 30.9 Å². The Bertz CT molecular complexity index is 953. The zero-order chi connectivity index (χ0) is 24.3. The lowest BCUT2D eigenvalue weighted by Crippen LogP contribution is -2.65. The van der Waals surface area contributed by atoms with Crippen LogP contribution in [0.25, 0.3) is 0 Å². The molecule has 0 bridgehead atoms. The molecule has 0 radical (unpaired) electrons. The zero-order valence-corrected chi connectivity index (χ0v) is 19.0. The molecule has 10 heteroatoms. The number of methoxy groups -OCH3 is 1. The fourth-order valence-corrected chi connectivity index (χ4v) is 6.68. The number of aliphatic hydroxyl groups is 1. The summed E-state index contributed by atoms with van der Waals surface area (Å²) in [6.45, 7) is 4.83. The predicted octanol–water partition coefficient (Wildman–Crippen LogP) is 0.836. The average Bonchev–Trinajstić information content (AvgIpc) is 3.06. The molecule has 0 aromatic rings. The number of fused-ring (bicyclic) bond motifs is 3. The minimum absolute atomic E-state index is 0.0128. The topological polar surface area (TPSA) is 143 Å². The van der Waals surface area contributed by atoms with Gasteiger partial charge in [-0.05, 0) is 30.1 Å². The number of esters is 4. The van der Waals surface area contributed by atoms with Gasteiger partial charge in [-0.25, -0.2) is 4.79 Å². The highest BCUT2D eigenvalue weighted by molar-refractivity contribution is 5.93. The van der Waals surface area contributed by atoms with Gasteiger partial charge < -0.3 is 24.1 Å². The minimum atomic E-state index is -1.54. The number of cyclic esters (lactones) is 2. The Balaban J connectivity index is 1.78. The van der Waals surface area contributed by atoms with Crippen LogP contribution >= 0.6 is 0 Å². The van der Waals surface area contributed by atoms with Gasteiger partial charge in [0.25, 0.3) is 0 Å². The van der Waals surface area contributed by atoms with E-state index in [0.717, 1.165) is 6.08 Å². The molecule has 4 aliphatic rings. The predicted molar refractivity (Wildman–Crippen MR) is 108 cm³/mol. The number of ether oxygens (including phenoxy) is 4. The molecule has 10 nitrogen and oxygen atoms in total. The van der Waals surface area contributed by atoms with Crippen molar-refractivity contribution in [3.8, 4) is 0 Å². The van der Waals surface area contributed by atoms with Crippen molar-refractivity contribution in [2.75, 3.05) is 7.11 Å². The summed E-state index contributed by atoms with van der Waals surface area (Å²) in [5.41, 5.74) is -1.71. The quantitative estimate of drug-likeness (QED) is 0.471. The number of aliphatic hydroxyl groups excluding tert-OH is 1. The number of rotatable bonds is 3. The van der Waals surface area contributed by atoms with E-state index in [-0.39, 0.29) is 24.2 Å². The number of carbonyl (C=O) groups excluding carboxylic acids is 5. The lowest BCUT2D eigenvalue weighted by atomic mass is 9.43. The third-order valence-electron chi connectivity index (χ3n) is 8.07. The van der Waals surface area contributed by atoms with Crippen molar-refractivity contribution in [2.24, 2.45) is 28.6 Å². The molecular weight excluding hydrogens is 436 g/mol. The number of ketones is 1. The fraction of sp³-hybridized carbons (Fsp3) is 0.696. The molecular formula is C23H28O10. The van der Waals surface area contributed by atoms with Crippen molar-refractivity contribution >= 4 is 29.7 Å². The van der Waals surface area contributed by atoms with Crippen molar-refractivity contribution in [1.82, 2.24) is 0 Å². The molecule has 0 aromatic carbocycles. The maximum atomic E-state index is 13.7. The van der Waals surface area contributed by atoms with Gasteiger partial charge in [0.2, 0.25) is 6.29 Å². The van der Waals surface area contributed by atoms with Crippen LogP contribution in [-0.2, 0) is 42.9 Å². The van der Waals surface area contributed by atoms with Gasteiger partial charge in [-0.15, -0.1) is 0 Å². The molecule has 0 unspecified atom stereocenters. The molecule has 2 heterocycles. The second-order valence-electron chi connectivity index (χ2n) is 9.91. The van der Waals surface area contributed by atoms with Crippen molar-refractivity contribution in [3.63, 3.8) is 0 Å². The molecule has 2 aliphatic heterocycles. The van der Waals surface area contributed by atoms with E-state index in [1.54, 1.807) is 6.92 Å². The first-order chi connectivity index (χ1) is 15.4. The second kappa shape index (κ2) is 7.93. The van der Waals surface area contributed by atoms with Gasteiger partial charge in [0.15, 0.2) is 11.9 Å². The Morgan fingerprint density at radius 3 is 2.42 bits per heavy atom. The SMILES string of the molecule is COC(=O)[C@@H]1C[C@H](OC(C)=O)C(=O)[C@H]2[C@@]1(C)CC[C@H]1C(=O)O[C@H](C3=CC(=O)O[C@@H]3O)C[C@]21C. The largest absolute Gasteiger partial charge is 0.469 e. The summed E-state index contributed by atoms with van der Waals surface area (Å²) in [7, 11) is 1.27. The van der Waals surface area contributed by atoms with Gasteiger partial charge in [-0.2, -0.15) is 0 Å². The monoisotopic (exact) mass is 464 g/mol. The van der Waals surface area contributed by atoms with Gasteiger partial charge in [0.05, 0.1) is 18.9 Å². The van der Waals surface area contributed by atoms with E-state index >= 15 is 0 Å². The van der Waals surface area contributed by atoms with Crippen molar-refractivity contribution < 1.29 is 48.0 Å². The smallest absolute Gasteiger partial charge is 0.333 e. The summed E-state index contributed by atoms with van der Waals surface area (Å²) in [4.78, 5) is 62.9. The highest BCUT2D eigenvalue weighted by Gasteiger charge is 2.68. The highest BCUT2D eigenvalue weighted by Crippen LogP contribution is 2.64. The van der Waals surface area contributed by atoms with Crippen LogP contribution in [0.4, 0.5) is 0 Å². The summed E-state index contributed by atoms with van der Waals surface area (Å²) in [6, 6.07) is 0. The van der Waals surface area contributed by atoms with E-state index in [2.05, 4.69) is 0 Å². The van der Waals surface area contributed by atoms with E-state index in [0.29, 0.717) is 12.8 Å². The molecule has 1 saturated heterocycles. The zero-order valence-electron chi connectivity index (χ0n) is 19.0. The Kier molecular flexibility index (Phi) is 5.63. The number of hydrogen-bond acceptors (Lipinski definition) is 10. The third kappa shape index (κ3) is 3.55. The van der Waals surface area contributed by atoms with E-state index in [4.69, 9.17) is 18.9 Å². The molecule has 0 amide bonds. The fourth-order valence-electron chi connectivity index (χ4n) is 6.68. The third-order valence-corrected chi connectivity index (χ3v) is 8.07. The normalized spacial score (nSPS) is 42.3. The summed E-state index contributed by atoms with van der Waals surface area (Å²) in [5, 5.41) is 10.1. The molecule has 2 saturated carbocycles. The van der Waals surface area contributed by atoms with Crippen LogP contribution < -0.4 is 0 Å².